The number of hydrogen-bond donors (Lipinski definition) is 1. The first-order valence-electron chi connectivity index (χ1n) is 5.84. The molecule has 4 heteroatoms. The number of ether oxygens (including phenoxy) is 2. The molecular weight excluding hydrogens is 238 g/mol. The van der Waals surface area contributed by atoms with Crippen LogP contribution in [0.1, 0.15) is 18.4 Å². The zero-order chi connectivity index (χ0) is 11.2. The van der Waals surface area contributed by atoms with Crippen molar-refractivity contribution in [2.75, 3.05) is 20.2 Å². The minimum atomic E-state index is 0. The minimum Gasteiger partial charge on any atom is -0.496 e. The van der Waals surface area contributed by atoms with Crippen LogP contribution in [0, 0.1) is 0 Å². The molecule has 0 aliphatic carbocycles. The molecule has 96 valence electrons. The number of nitrogens with one attached hydrogen (secondary N) is 1. The zero-order valence-electron chi connectivity index (χ0n) is 10.1. The van der Waals surface area contributed by atoms with Crippen molar-refractivity contribution in [1.29, 1.82) is 0 Å². The molecule has 1 aliphatic heterocycles. The molecule has 1 N–H and O–H groups in total. The number of benzene rings is 1. The fourth-order valence-electron chi connectivity index (χ4n) is 1.99. The summed E-state index contributed by atoms with van der Waals surface area (Å²) < 4.78 is 11.2. The number of halogens is 1. The summed E-state index contributed by atoms with van der Waals surface area (Å²) in [7, 11) is 1.70. The van der Waals surface area contributed by atoms with Crippen LogP contribution in [-0.2, 0) is 11.3 Å². The van der Waals surface area contributed by atoms with Crippen molar-refractivity contribution in [1.82, 2.24) is 5.32 Å². The molecule has 3 nitrogen and oxygen atoms in total. The van der Waals surface area contributed by atoms with E-state index < -0.39 is 0 Å². The molecule has 1 aromatic rings. The summed E-state index contributed by atoms with van der Waals surface area (Å²) >= 11 is 0. The average molecular weight is 258 g/mol. The summed E-state index contributed by atoms with van der Waals surface area (Å²) in [5.74, 6) is 0.913. The molecule has 1 saturated heterocycles. The summed E-state index contributed by atoms with van der Waals surface area (Å²) in [6, 6.07) is 8.03. The Hall–Kier alpha value is -0.770. The molecule has 0 unspecified atom stereocenters. The van der Waals surface area contributed by atoms with E-state index in [9.17, 15) is 0 Å². The van der Waals surface area contributed by atoms with Gasteiger partial charge in [-0.15, -0.1) is 12.4 Å². The van der Waals surface area contributed by atoms with Crippen LogP contribution in [0.25, 0.3) is 0 Å². The summed E-state index contributed by atoms with van der Waals surface area (Å²) in [5.41, 5.74) is 1.13. The topological polar surface area (TPSA) is 30.5 Å². The number of hydrogen-bond acceptors (Lipinski definition) is 3. The second-order valence-electron chi connectivity index (χ2n) is 4.07. The van der Waals surface area contributed by atoms with Gasteiger partial charge in [0.15, 0.2) is 0 Å². The molecule has 17 heavy (non-hydrogen) atoms. The van der Waals surface area contributed by atoms with Gasteiger partial charge in [-0.2, -0.15) is 0 Å². The SMILES string of the molecule is COc1ccccc1COC1CCNCC1.Cl. The van der Waals surface area contributed by atoms with Crippen molar-refractivity contribution in [3.63, 3.8) is 0 Å². The lowest BCUT2D eigenvalue weighted by molar-refractivity contribution is 0.0204. The zero-order valence-corrected chi connectivity index (χ0v) is 11.0. The van der Waals surface area contributed by atoms with Crippen molar-refractivity contribution in [2.24, 2.45) is 0 Å². The maximum atomic E-state index is 5.89. The van der Waals surface area contributed by atoms with Crippen LogP contribution in [0.2, 0.25) is 0 Å². The molecule has 0 spiro atoms. The number of piperidine rings is 1. The molecule has 0 atom stereocenters. The molecule has 1 fully saturated rings. The predicted molar refractivity (Wildman–Crippen MR) is 70.9 cm³/mol. The summed E-state index contributed by atoms with van der Waals surface area (Å²) in [4.78, 5) is 0. The van der Waals surface area contributed by atoms with E-state index in [2.05, 4.69) is 11.4 Å². The first kappa shape index (κ1) is 14.3. The molecule has 0 aromatic heterocycles. The van der Waals surface area contributed by atoms with Crippen LogP contribution in [0.4, 0.5) is 0 Å². The van der Waals surface area contributed by atoms with Crippen molar-refractivity contribution >= 4 is 12.4 Å². The van der Waals surface area contributed by atoms with Gasteiger partial charge in [0.25, 0.3) is 0 Å². The third-order valence-corrected chi connectivity index (χ3v) is 2.95. The lowest BCUT2D eigenvalue weighted by Crippen LogP contribution is -2.32. The molecular formula is C13H20ClNO2. The number of methoxy groups -OCH3 is 1. The highest BCUT2D eigenvalue weighted by molar-refractivity contribution is 5.85. The monoisotopic (exact) mass is 257 g/mol. The van der Waals surface area contributed by atoms with Crippen LogP contribution in [-0.4, -0.2) is 26.3 Å². The lowest BCUT2D eigenvalue weighted by Gasteiger charge is -2.23. The van der Waals surface area contributed by atoms with Gasteiger partial charge in [0.2, 0.25) is 0 Å². The Balaban J connectivity index is 0.00000144. The van der Waals surface area contributed by atoms with E-state index in [1.807, 2.05) is 18.2 Å². The maximum Gasteiger partial charge on any atom is 0.124 e. The molecule has 0 bridgehead atoms. The third-order valence-electron chi connectivity index (χ3n) is 2.95. The van der Waals surface area contributed by atoms with Gasteiger partial charge in [-0.1, -0.05) is 18.2 Å². The van der Waals surface area contributed by atoms with Crippen LogP contribution in [0.15, 0.2) is 24.3 Å². The standard InChI is InChI=1S/C13H19NO2.ClH/c1-15-13-5-3-2-4-11(13)10-16-12-6-8-14-9-7-12;/h2-5,12,14H,6-10H2,1H3;1H. The highest BCUT2D eigenvalue weighted by Crippen LogP contribution is 2.20. The maximum absolute atomic E-state index is 5.89. The normalized spacial score (nSPS) is 16.3. The summed E-state index contributed by atoms with van der Waals surface area (Å²) in [6.07, 6.45) is 2.61. The van der Waals surface area contributed by atoms with Crippen molar-refractivity contribution in [3.8, 4) is 5.75 Å². The quantitative estimate of drug-likeness (QED) is 0.899. The Morgan fingerprint density at radius 3 is 2.65 bits per heavy atom. The molecule has 1 aromatic carbocycles. The van der Waals surface area contributed by atoms with Gasteiger partial charge in [-0.3, -0.25) is 0 Å². The molecule has 0 radical (unpaired) electrons. The van der Waals surface area contributed by atoms with E-state index in [0.717, 1.165) is 37.2 Å². The lowest BCUT2D eigenvalue weighted by atomic mass is 10.1. The Morgan fingerprint density at radius 1 is 1.24 bits per heavy atom. The average Bonchev–Trinajstić information content (AvgIpc) is 2.38. The van der Waals surface area contributed by atoms with Crippen LogP contribution >= 0.6 is 12.4 Å². The predicted octanol–water partition coefficient (Wildman–Crippen LogP) is 2.39. The Labute approximate surface area is 109 Å². The molecule has 0 saturated carbocycles. The second kappa shape index (κ2) is 7.54. The van der Waals surface area contributed by atoms with Gasteiger partial charge in [0.05, 0.1) is 19.8 Å². The fourth-order valence-corrected chi connectivity index (χ4v) is 1.99. The second-order valence-corrected chi connectivity index (χ2v) is 4.07. The van der Waals surface area contributed by atoms with E-state index in [4.69, 9.17) is 9.47 Å². The van der Waals surface area contributed by atoms with Crippen LogP contribution in [0.3, 0.4) is 0 Å². The van der Waals surface area contributed by atoms with E-state index in [0.29, 0.717) is 12.7 Å². The molecule has 1 aliphatic rings. The Bertz CT molecular complexity index is 327. The van der Waals surface area contributed by atoms with Crippen molar-refractivity contribution < 1.29 is 9.47 Å². The van der Waals surface area contributed by atoms with Gasteiger partial charge in [-0.25, -0.2) is 0 Å². The molecule has 1 heterocycles. The first-order chi connectivity index (χ1) is 7.90. The highest BCUT2D eigenvalue weighted by Gasteiger charge is 2.13. The summed E-state index contributed by atoms with van der Waals surface area (Å²) in [6.45, 7) is 2.78. The third kappa shape index (κ3) is 4.19. The van der Waals surface area contributed by atoms with E-state index in [-0.39, 0.29) is 12.4 Å². The van der Waals surface area contributed by atoms with Gasteiger partial charge in [0, 0.05) is 5.56 Å². The van der Waals surface area contributed by atoms with E-state index >= 15 is 0 Å². The van der Waals surface area contributed by atoms with Gasteiger partial charge in [0.1, 0.15) is 5.75 Å². The first-order valence-corrected chi connectivity index (χ1v) is 5.84. The summed E-state index contributed by atoms with van der Waals surface area (Å²) in [5, 5.41) is 3.33. The Morgan fingerprint density at radius 2 is 1.94 bits per heavy atom. The number of rotatable bonds is 4. The molecule has 0 amide bonds. The molecule has 2 rings (SSSR count). The highest BCUT2D eigenvalue weighted by atomic mass is 35.5. The largest absolute Gasteiger partial charge is 0.496 e. The number of para-hydroxylation sites is 1. The smallest absolute Gasteiger partial charge is 0.124 e. The van der Waals surface area contributed by atoms with Crippen molar-refractivity contribution in [2.45, 2.75) is 25.6 Å². The van der Waals surface area contributed by atoms with Crippen LogP contribution in [0.5, 0.6) is 5.75 Å². The van der Waals surface area contributed by atoms with Crippen molar-refractivity contribution in [3.05, 3.63) is 29.8 Å². The minimum absolute atomic E-state index is 0. The fraction of sp³-hybridized carbons (Fsp3) is 0.538. The Kier molecular flexibility index (Phi) is 6.34. The van der Waals surface area contributed by atoms with Gasteiger partial charge < -0.3 is 14.8 Å². The van der Waals surface area contributed by atoms with E-state index in [1.165, 1.54) is 0 Å². The van der Waals surface area contributed by atoms with Gasteiger partial charge >= 0.3 is 0 Å². The van der Waals surface area contributed by atoms with Crippen LogP contribution < -0.4 is 10.1 Å². The van der Waals surface area contributed by atoms with E-state index in [1.54, 1.807) is 7.11 Å². The van der Waals surface area contributed by atoms with Gasteiger partial charge in [-0.05, 0) is 32.0 Å².